The molecule has 2 aromatic carbocycles. The van der Waals surface area contributed by atoms with Crippen LogP contribution in [-0.2, 0) is 0 Å². The van der Waals surface area contributed by atoms with Crippen LogP contribution in [0.15, 0.2) is 77.5 Å². The van der Waals surface area contributed by atoms with E-state index in [1.165, 1.54) is 23.1 Å². The maximum atomic E-state index is 13.3. The molecule has 6 nitrogen and oxygen atoms in total. The Bertz CT molecular complexity index is 1130. The summed E-state index contributed by atoms with van der Waals surface area (Å²) < 4.78 is 20.0. The third-order valence-electron chi connectivity index (χ3n) is 4.70. The topological polar surface area (TPSA) is 80.3 Å². The first-order valence-corrected chi connectivity index (χ1v) is 9.43. The summed E-state index contributed by atoms with van der Waals surface area (Å²) >= 11 is 0. The molecule has 4 aromatic rings. The van der Waals surface area contributed by atoms with Crippen molar-refractivity contribution in [3.8, 4) is 16.9 Å². The van der Waals surface area contributed by atoms with Gasteiger partial charge in [0.1, 0.15) is 23.4 Å². The quantitative estimate of drug-likeness (QED) is 0.507. The third kappa shape index (κ3) is 4.16. The number of carbonyl (C=O) groups excluding carboxylic acids is 1. The number of rotatable bonds is 6. The predicted octanol–water partition coefficient (Wildman–Crippen LogP) is 4.04. The standard InChI is InChI=1S/C23H20FN3O3/c1-15-4-6-16(7-5-15)22-19(14-27(26-22)18-10-8-17(24)9-11-18)23(29)25-13-20(28)21-3-2-12-30-21/h2-12,14,20,28H,13H2,1H3,(H,25,29). The second-order valence-electron chi connectivity index (χ2n) is 6.92. The molecule has 0 fully saturated rings. The van der Waals surface area contributed by atoms with Gasteiger partial charge >= 0.3 is 0 Å². The van der Waals surface area contributed by atoms with Crippen molar-refractivity contribution in [2.75, 3.05) is 6.54 Å². The van der Waals surface area contributed by atoms with Gasteiger partial charge in [-0.2, -0.15) is 5.10 Å². The van der Waals surface area contributed by atoms with Crippen molar-refractivity contribution >= 4 is 5.91 Å². The summed E-state index contributed by atoms with van der Waals surface area (Å²) in [5.74, 6) is -0.366. The molecular weight excluding hydrogens is 385 g/mol. The summed E-state index contributed by atoms with van der Waals surface area (Å²) in [5, 5.41) is 17.4. The minimum absolute atomic E-state index is 0.0125. The Morgan fingerprint density at radius 2 is 1.90 bits per heavy atom. The summed E-state index contributed by atoms with van der Waals surface area (Å²) in [7, 11) is 0. The lowest BCUT2D eigenvalue weighted by Crippen LogP contribution is -2.28. The second-order valence-corrected chi connectivity index (χ2v) is 6.92. The van der Waals surface area contributed by atoms with Crippen molar-refractivity contribution in [2.45, 2.75) is 13.0 Å². The van der Waals surface area contributed by atoms with E-state index in [0.29, 0.717) is 22.7 Å². The lowest BCUT2D eigenvalue weighted by molar-refractivity contribution is 0.0901. The highest BCUT2D eigenvalue weighted by atomic mass is 19.1. The molecule has 1 unspecified atom stereocenters. The Kier molecular flexibility index (Phi) is 5.45. The van der Waals surface area contributed by atoms with Gasteiger partial charge < -0.3 is 14.8 Å². The van der Waals surface area contributed by atoms with E-state index >= 15 is 0 Å². The monoisotopic (exact) mass is 405 g/mol. The highest BCUT2D eigenvalue weighted by Crippen LogP contribution is 2.24. The van der Waals surface area contributed by atoms with Crippen LogP contribution in [0.2, 0.25) is 0 Å². The SMILES string of the molecule is Cc1ccc(-c2nn(-c3ccc(F)cc3)cc2C(=O)NCC(O)c2ccco2)cc1. The Labute approximate surface area is 172 Å². The zero-order chi connectivity index (χ0) is 21.1. The molecule has 4 rings (SSSR count). The summed E-state index contributed by atoms with van der Waals surface area (Å²) in [4.78, 5) is 12.9. The number of aromatic nitrogens is 2. The first-order valence-electron chi connectivity index (χ1n) is 9.43. The van der Waals surface area contributed by atoms with Gasteiger partial charge in [-0.3, -0.25) is 4.79 Å². The minimum atomic E-state index is -0.959. The maximum Gasteiger partial charge on any atom is 0.255 e. The lowest BCUT2D eigenvalue weighted by atomic mass is 10.1. The first-order chi connectivity index (χ1) is 14.5. The molecule has 2 N–H and O–H groups in total. The number of aliphatic hydroxyl groups excluding tert-OH is 1. The highest BCUT2D eigenvalue weighted by Gasteiger charge is 2.20. The Balaban J connectivity index is 1.64. The van der Waals surface area contributed by atoms with E-state index in [1.807, 2.05) is 31.2 Å². The van der Waals surface area contributed by atoms with E-state index in [0.717, 1.165) is 11.1 Å². The van der Waals surface area contributed by atoms with Crippen LogP contribution in [0.4, 0.5) is 4.39 Å². The van der Waals surface area contributed by atoms with Crippen molar-refractivity contribution in [2.24, 2.45) is 0 Å². The largest absolute Gasteiger partial charge is 0.467 e. The number of hydrogen-bond donors (Lipinski definition) is 2. The van der Waals surface area contributed by atoms with E-state index in [2.05, 4.69) is 10.4 Å². The fraction of sp³-hybridized carbons (Fsp3) is 0.130. The van der Waals surface area contributed by atoms with Gasteiger partial charge in [0, 0.05) is 11.8 Å². The smallest absolute Gasteiger partial charge is 0.255 e. The molecule has 30 heavy (non-hydrogen) atoms. The van der Waals surface area contributed by atoms with Gasteiger partial charge in [-0.15, -0.1) is 0 Å². The van der Waals surface area contributed by atoms with Crippen molar-refractivity contribution in [1.29, 1.82) is 0 Å². The van der Waals surface area contributed by atoms with Crippen molar-refractivity contribution in [3.05, 3.63) is 95.8 Å². The van der Waals surface area contributed by atoms with Crippen LogP contribution in [0.25, 0.3) is 16.9 Å². The summed E-state index contributed by atoms with van der Waals surface area (Å²) in [6, 6.07) is 16.8. The molecule has 2 aromatic heterocycles. The number of amides is 1. The molecule has 152 valence electrons. The molecule has 1 atom stereocenters. The van der Waals surface area contributed by atoms with Crippen LogP contribution < -0.4 is 5.32 Å². The van der Waals surface area contributed by atoms with E-state index in [9.17, 15) is 14.3 Å². The third-order valence-corrected chi connectivity index (χ3v) is 4.70. The van der Waals surface area contributed by atoms with Crippen LogP contribution in [-0.4, -0.2) is 27.3 Å². The second kappa shape index (κ2) is 8.34. The number of aliphatic hydroxyl groups is 1. The number of furan rings is 1. The van der Waals surface area contributed by atoms with Gasteiger partial charge in [0.25, 0.3) is 5.91 Å². The van der Waals surface area contributed by atoms with Gasteiger partial charge in [0.05, 0.1) is 24.1 Å². The minimum Gasteiger partial charge on any atom is -0.467 e. The van der Waals surface area contributed by atoms with Crippen LogP contribution in [0.3, 0.4) is 0 Å². The molecular formula is C23H20FN3O3. The van der Waals surface area contributed by atoms with Gasteiger partial charge in [-0.25, -0.2) is 9.07 Å². The van der Waals surface area contributed by atoms with Crippen molar-refractivity contribution < 1.29 is 18.7 Å². The van der Waals surface area contributed by atoms with Crippen LogP contribution >= 0.6 is 0 Å². The molecule has 0 aliphatic carbocycles. The highest BCUT2D eigenvalue weighted by molar-refractivity contribution is 6.00. The van der Waals surface area contributed by atoms with E-state index in [4.69, 9.17) is 4.42 Å². The number of hydrogen-bond acceptors (Lipinski definition) is 4. The molecule has 0 aliphatic heterocycles. The molecule has 2 heterocycles. The molecule has 7 heteroatoms. The Hall–Kier alpha value is -3.71. The Morgan fingerprint density at radius 3 is 2.57 bits per heavy atom. The zero-order valence-corrected chi connectivity index (χ0v) is 16.2. The number of nitrogens with one attached hydrogen (secondary N) is 1. The van der Waals surface area contributed by atoms with E-state index < -0.39 is 6.10 Å². The van der Waals surface area contributed by atoms with E-state index in [-0.39, 0.29) is 18.3 Å². The predicted molar refractivity (Wildman–Crippen MR) is 110 cm³/mol. The molecule has 0 saturated heterocycles. The fourth-order valence-electron chi connectivity index (χ4n) is 3.06. The average Bonchev–Trinajstić information content (AvgIpc) is 3.43. The number of halogens is 1. The summed E-state index contributed by atoms with van der Waals surface area (Å²) in [5.41, 5.74) is 3.32. The molecule has 0 bridgehead atoms. The van der Waals surface area contributed by atoms with Crippen LogP contribution in [0, 0.1) is 12.7 Å². The van der Waals surface area contributed by atoms with Crippen LogP contribution in [0.1, 0.15) is 27.8 Å². The van der Waals surface area contributed by atoms with Crippen molar-refractivity contribution in [3.63, 3.8) is 0 Å². The number of aryl methyl sites for hydroxylation is 1. The lowest BCUT2D eigenvalue weighted by Gasteiger charge is -2.09. The number of carbonyl (C=O) groups is 1. The summed E-state index contributed by atoms with van der Waals surface area (Å²) in [6.07, 6.45) is 2.10. The zero-order valence-electron chi connectivity index (χ0n) is 16.2. The van der Waals surface area contributed by atoms with Gasteiger partial charge in [0.2, 0.25) is 0 Å². The molecule has 0 aliphatic rings. The maximum absolute atomic E-state index is 13.3. The normalized spacial score (nSPS) is 12.0. The van der Waals surface area contributed by atoms with Gasteiger partial charge in [0.15, 0.2) is 0 Å². The van der Waals surface area contributed by atoms with Gasteiger partial charge in [-0.1, -0.05) is 29.8 Å². The van der Waals surface area contributed by atoms with Crippen LogP contribution in [0.5, 0.6) is 0 Å². The molecule has 1 amide bonds. The molecule has 0 saturated carbocycles. The first kappa shape index (κ1) is 19.6. The number of nitrogens with zero attached hydrogens (tertiary/aromatic N) is 2. The van der Waals surface area contributed by atoms with Gasteiger partial charge in [-0.05, 0) is 43.3 Å². The van der Waals surface area contributed by atoms with E-state index in [1.54, 1.807) is 30.5 Å². The fourth-order valence-corrected chi connectivity index (χ4v) is 3.06. The Morgan fingerprint density at radius 1 is 1.17 bits per heavy atom. The van der Waals surface area contributed by atoms with Crippen molar-refractivity contribution in [1.82, 2.24) is 15.1 Å². The average molecular weight is 405 g/mol. The molecule has 0 radical (unpaired) electrons. The molecule has 0 spiro atoms. The summed E-state index contributed by atoms with van der Waals surface area (Å²) in [6.45, 7) is 1.96. The number of benzene rings is 2.